The SMILES string of the molecule is CC(C)(C)OC(=O)N1CCC(Oc2nc3ccccc3n2Cc2ccc(Cl)c(Cl)c2)CC1. The van der Waals surface area contributed by atoms with E-state index in [-0.39, 0.29) is 12.2 Å². The van der Waals surface area contributed by atoms with Gasteiger partial charge in [0.25, 0.3) is 6.01 Å². The lowest BCUT2D eigenvalue weighted by Gasteiger charge is -2.33. The summed E-state index contributed by atoms with van der Waals surface area (Å²) in [4.78, 5) is 18.8. The van der Waals surface area contributed by atoms with Crippen LogP contribution in [0.15, 0.2) is 42.5 Å². The molecule has 0 atom stereocenters. The number of hydrogen-bond donors (Lipinski definition) is 0. The van der Waals surface area contributed by atoms with Crippen LogP contribution in [0, 0.1) is 0 Å². The molecule has 0 bridgehead atoms. The number of hydrogen-bond acceptors (Lipinski definition) is 4. The molecule has 4 rings (SSSR count). The van der Waals surface area contributed by atoms with Crippen molar-refractivity contribution in [2.24, 2.45) is 0 Å². The lowest BCUT2D eigenvalue weighted by atomic mass is 10.1. The molecule has 3 aromatic rings. The average molecular weight is 476 g/mol. The van der Waals surface area contributed by atoms with Crippen LogP contribution >= 0.6 is 23.2 Å². The number of nitrogens with zero attached hydrogens (tertiary/aromatic N) is 3. The highest BCUT2D eigenvalue weighted by Gasteiger charge is 2.28. The molecule has 1 aliphatic heterocycles. The van der Waals surface area contributed by atoms with Crippen molar-refractivity contribution in [3.63, 3.8) is 0 Å². The number of imidazole rings is 1. The maximum absolute atomic E-state index is 12.3. The van der Waals surface area contributed by atoms with E-state index in [9.17, 15) is 4.79 Å². The Morgan fingerprint density at radius 3 is 2.50 bits per heavy atom. The number of amides is 1. The molecule has 1 aliphatic rings. The number of para-hydroxylation sites is 2. The van der Waals surface area contributed by atoms with E-state index < -0.39 is 5.60 Å². The normalized spacial score (nSPS) is 15.2. The number of ether oxygens (including phenoxy) is 2. The van der Waals surface area contributed by atoms with Crippen molar-refractivity contribution in [1.82, 2.24) is 14.5 Å². The van der Waals surface area contributed by atoms with Gasteiger partial charge in [-0.1, -0.05) is 41.4 Å². The number of fused-ring (bicyclic) bond motifs is 1. The van der Waals surface area contributed by atoms with E-state index in [2.05, 4.69) is 4.57 Å². The number of rotatable bonds is 4. The summed E-state index contributed by atoms with van der Waals surface area (Å²) in [5.41, 5.74) is 2.36. The van der Waals surface area contributed by atoms with E-state index in [1.54, 1.807) is 11.0 Å². The third-order valence-electron chi connectivity index (χ3n) is 5.31. The van der Waals surface area contributed by atoms with Crippen LogP contribution in [0.4, 0.5) is 4.79 Å². The Morgan fingerprint density at radius 1 is 1.09 bits per heavy atom. The van der Waals surface area contributed by atoms with Crippen LogP contribution in [0.25, 0.3) is 11.0 Å². The molecule has 1 saturated heterocycles. The first-order chi connectivity index (χ1) is 15.2. The van der Waals surface area contributed by atoms with E-state index in [1.165, 1.54) is 0 Å². The highest BCUT2D eigenvalue weighted by Crippen LogP contribution is 2.28. The minimum atomic E-state index is -0.500. The first-order valence-electron chi connectivity index (χ1n) is 10.7. The minimum absolute atomic E-state index is 0.0296. The molecule has 0 spiro atoms. The molecule has 8 heteroatoms. The molecule has 0 saturated carbocycles. The van der Waals surface area contributed by atoms with Crippen molar-refractivity contribution >= 4 is 40.3 Å². The molecule has 0 unspecified atom stereocenters. The number of likely N-dealkylation sites (tertiary alicyclic amines) is 1. The second-order valence-electron chi connectivity index (χ2n) is 9.00. The average Bonchev–Trinajstić information content (AvgIpc) is 3.07. The summed E-state index contributed by atoms with van der Waals surface area (Å²) in [6.07, 6.45) is 1.13. The second kappa shape index (κ2) is 9.20. The van der Waals surface area contributed by atoms with Crippen molar-refractivity contribution in [3.8, 4) is 6.01 Å². The minimum Gasteiger partial charge on any atom is -0.461 e. The van der Waals surface area contributed by atoms with Crippen LogP contribution in [0.1, 0.15) is 39.2 Å². The molecular formula is C24H27Cl2N3O3. The summed E-state index contributed by atoms with van der Waals surface area (Å²) in [6.45, 7) is 7.36. The van der Waals surface area contributed by atoms with Gasteiger partial charge in [0, 0.05) is 25.9 Å². The molecular weight excluding hydrogens is 449 g/mol. The predicted molar refractivity (Wildman–Crippen MR) is 127 cm³/mol. The molecule has 170 valence electrons. The molecule has 1 fully saturated rings. The molecule has 0 radical (unpaired) electrons. The van der Waals surface area contributed by atoms with Gasteiger partial charge in [-0.3, -0.25) is 4.57 Å². The number of benzene rings is 2. The van der Waals surface area contributed by atoms with Gasteiger partial charge in [-0.2, -0.15) is 4.98 Å². The smallest absolute Gasteiger partial charge is 0.410 e. The Kier molecular flexibility index (Phi) is 6.54. The van der Waals surface area contributed by atoms with Gasteiger partial charge in [0.1, 0.15) is 11.7 Å². The van der Waals surface area contributed by atoms with Crippen molar-refractivity contribution in [2.45, 2.75) is 51.9 Å². The Balaban J connectivity index is 1.49. The van der Waals surface area contributed by atoms with Crippen LogP contribution in [0.5, 0.6) is 6.01 Å². The van der Waals surface area contributed by atoms with Gasteiger partial charge < -0.3 is 14.4 Å². The third-order valence-corrected chi connectivity index (χ3v) is 6.05. The monoisotopic (exact) mass is 475 g/mol. The second-order valence-corrected chi connectivity index (χ2v) is 9.82. The van der Waals surface area contributed by atoms with Crippen molar-refractivity contribution in [1.29, 1.82) is 0 Å². The number of carbonyl (C=O) groups excluding carboxylic acids is 1. The molecule has 1 aromatic heterocycles. The third kappa shape index (κ3) is 5.30. The van der Waals surface area contributed by atoms with Gasteiger partial charge in [-0.25, -0.2) is 4.79 Å². The number of carbonyl (C=O) groups is 1. The van der Waals surface area contributed by atoms with E-state index in [0.717, 1.165) is 29.4 Å². The summed E-state index contributed by atoms with van der Waals surface area (Å²) < 4.78 is 13.9. The Morgan fingerprint density at radius 2 is 1.81 bits per heavy atom. The molecule has 32 heavy (non-hydrogen) atoms. The lowest BCUT2D eigenvalue weighted by Crippen LogP contribution is -2.44. The summed E-state index contributed by atoms with van der Waals surface area (Å²) >= 11 is 12.3. The lowest BCUT2D eigenvalue weighted by molar-refractivity contribution is 0.0116. The molecule has 2 heterocycles. The largest absolute Gasteiger partial charge is 0.461 e. The van der Waals surface area contributed by atoms with Gasteiger partial charge in [0.05, 0.1) is 27.6 Å². The van der Waals surface area contributed by atoms with Crippen LogP contribution in [0.3, 0.4) is 0 Å². The van der Waals surface area contributed by atoms with Gasteiger partial charge in [0.15, 0.2) is 0 Å². The first-order valence-corrected chi connectivity index (χ1v) is 11.5. The zero-order chi connectivity index (χ0) is 22.9. The Hall–Kier alpha value is -2.44. The van der Waals surface area contributed by atoms with E-state index in [4.69, 9.17) is 37.7 Å². The van der Waals surface area contributed by atoms with Crippen LogP contribution < -0.4 is 4.74 Å². The Bertz CT molecular complexity index is 1120. The van der Waals surface area contributed by atoms with Crippen molar-refractivity contribution in [2.75, 3.05) is 13.1 Å². The Labute approximate surface area is 198 Å². The molecule has 2 aromatic carbocycles. The van der Waals surface area contributed by atoms with Gasteiger partial charge in [-0.05, 0) is 50.6 Å². The van der Waals surface area contributed by atoms with Gasteiger partial charge in [0.2, 0.25) is 0 Å². The standard InChI is InChI=1S/C24H27Cl2N3O3/c1-24(2,3)32-23(30)28-12-10-17(11-13-28)31-22-27-20-6-4-5-7-21(20)29(22)15-16-8-9-18(25)19(26)14-16/h4-9,14,17H,10-13,15H2,1-3H3. The summed E-state index contributed by atoms with van der Waals surface area (Å²) in [5.74, 6) is 0. The first kappa shape index (κ1) is 22.7. The van der Waals surface area contributed by atoms with Crippen LogP contribution in [0.2, 0.25) is 10.0 Å². The van der Waals surface area contributed by atoms with Crippen LogP contribution in [-0.2, 0) is 11.3 Å². The molecule has 0 aliphatic carbocycles. The predicted octanol–water partition coefficient (Wildman–Crippen LogP) is 6.17. The maximum Gasteiger partial charge on any atom is 0.410 e. The fraction of sp³-hybridized carbons (Fsp3) is 0.417. The molecule has 1 amide bonds. The van der Waals surface area contributed by atoms with Crippen molar-refractivity contribution in [3.05, 3.63) is 58.1 Å². The van der Waals surface area contributed by atoms with Gasteiger partial charge >= 0.3 is 6.09 Å². The number of aromatic nitrogens is 2. The van der Waals surface area contributed by atoms with E-state index >= 15 is 0 Å². The van der Waals surface area contributed by atoms with E-state index in [1.807, 2.05) is 57.2 Å². The van der Waals surface area contributed by atoms with Crippen LogP contribution in [-0.4, -0.2) is 45.3 Å². The summed E-state index contributed by atoms with van der Waals surface area (Å²) in [7, 11) is 0. The zero-order valence-corrected chi connectivity index (χ0v) is 20.0. The number of piperidine rings is 1. The fourth-order valence-electron chi connectivity index (χ4n) is 3.75. The van der Waals surface area contributed by atoms with Crippen molar-refractivity contribution < 1.29 is 14.3 Å². The highest BCUT2D eigenvalue weighted by molar-refractivity contribution is 6.42. The quantitative estimate of drug-likeness (QED) is 0.452. The maximum atomic E-state index is 12.3. The van der Waals surface area contributed by atoms with E-state index in [0.29, 0.717) is 35.7 Å². The molecule has 0 N–H and O–H groups in total. The zero-order valence-electron chi connectivity index (χ0n) is 18.5. The highest BCUT2D eigenvalue weighted by atomic mass is 35.5. The summed E-state index contributed by atoms with van der Waals surface area (Å²) in [5, 5.41) is 1.05. The topological polar surface area (TPSA) is 56.6 Å². The number of halogens is 2. The molecule has 6 nitrogen and oxygen atoms in total. The van der Waals surface area contributed by atoms with Gasteiger partial charge in [-0.15, -0.1) is 0 Å². The fourth-order valence-corrected chi connectivity index (χ4v) is 4.07. The summed E-state index contributed by atoms with van der Waals surface area (Å²) in [6, 6.07) is 14.1.